The van der Waals surface area contributed by atoms with Crippen molar-refractivity contribution in [2.45, 2.75) is 70.0 Å². The van der Waals surface area contributed by atoms with Gasteiger partial charge in [-0.15, -0.1) is 11.6 Å². The van der Waals surface area contributed by atoms with E-state index in [1.54, 1.807) is 6.08 Å². The number of allylic oxidation sites excluding steroid dienone is 1. The van der Waals surface area contributed by atoms with Crippen LogP contribution < -0.4 is 0 Å². The fourth-order valence-corrected chi connectivity index (χ4v) is 8.15. The molecule has 28 heavy (non-hydrogen) atoms. The topological polar surface area (TPSA) is 94.8 Å². The van der Waals surface area contributed by atoms with Crippen LogP contribution in [0, 0.1) is 34.5 Å². The molecule has 4 aliphatic rings. The first-order valence-corrected chi connectivity index (χ1v) is 10.9. The second-order valence-corrected chi connectivity index (χ2v) is 10.7. The maximum atomic E-state index is 12.6. The molecule has 6 heteroatoms. The van der Waals surface area contributed by atoms with Crippen molar-refractivity contribution in [3.8, 4) is 0 Å². The Hall–Kier alpha value is -0.750. The van der Waals surface area contributed by atoms with Gasteiger partial charge in [0.05, 0.1) is 6.10 Å². The van der Waals surface area contributed by atoms with E-state index in [4.69, 9.17) is 11.6 Å². The molecule has 0 aliphatic heterocycles. The van der Waals surface area contributed by atoms with Crippen molar-refractivity contribution >= 4 is 23.2 Å². The molecule has 3 unspecified atom stereocenters. The minimum Gasteiger partial charge on any atom is -0.393 e. The molecule has 3 N–H and O–H groups in total. The minimum absolute atomic E-state index is 0.0186. The standard InChI is InChI=1S/C22H31ClO5/c1-11-6-14-18-15(23)8-12-7-13(25)4-5-20(12,2)19(18)16(26)9-21(14,3)22(11,28)17(27)10-24/h7,11,14-16,18-19,24,26,28H,4-6,8-10H2,1-3H3/t11?,14-,15?,16?,18+,19-,20-,21-,22-/m0/s1. The zero-order valence-electron chi connectivity index (χ0n) is 16.8. The van der Waals surface area contributed by atoms with Gasteiger partial charge in [-0.3, -0.25) is 9.59 Å². The van der Waals surface area contributed by atoms with Crippen LogP contribution in [0.4, 0.5) is 0 Å². The summed E-state index contributed by atoms with van der Waals surface area (Å²) in [5.41, 5.74) is -1.73. The molecule has 0 aromatic rings. The quantitative estimate of drug-likeness (QED) is 0.607. The molecule has 0 radical (unpaired) electrons. The summed E-state index contributed by atoms with van der Waals surface area (Å²) in [4.78, 5) is 24.6. The molecule has 0 aromatic heterocycles. The molecule has 0 heterocycles. The summed E-state index contributed by atoms with van der Waals surface area (Å²) in [5.74, 6) is -0.909. The third-order valence-corrected chi connectivity index (χ3v) is 9.48. The molecular weight excluding hydrogens is 380 g/mol. The van der Waals surface area contributed by atoms with Crippen LogP contribution in [0.25, 0.3) is 0 Å². The van der Waals surface area contributed by atoms with E-state index in [0.29, 0.717) is 32.1 Å². The number of carbonyl (C=O) groups excluding carboxylic acids is 2. The first-order chi connectivity index (χ1) is 13.0. The third kappa shape index (κ3) is 2.36. The number of rotatable bonds is 2. The van der Waals surface area contributed by atoms with Crippen LogP contribution in [0.15, 0.2) is 11.6 Å². The zero-order valence-corrected chi connectivity index (χ0v) is 17.6. The van der Waals surface area contributed by atoms with E-state index in [9.17, 15) is 24.9 Å². The lowest BCUT2D eigenvalue weighted by Gasteiger charge is -2.61. The Morgan fingerprint density at radius 1 is 1.36 bits per heavy atom. The molecule has 0 bridgehead atoms. The number of alkyl halides is 1. The number of Topliss-reactive ketones (excluding diaryl/α,β-unsaturated/α-hetero) is 1. The maximum Gasteiger partial charge on any atom is 0.190 e. The average molecular weight is 411 g/mol. The van der Waals surface area contributed by atoms with Gasteiger partial charge in [0.1, 0.15) is 12.2 Å². The maximum absolute atomic E-state index is 12.6. The Kier molecular flexibility index (Phi) is 4.67. The van der Waals surface area contributed by atoms with Crippen molar-refractivity contribution in [1.29, 1.82) is 0 Å². The summed E-state index contributed by atoms with van der Waals surface area (Å²) < 4.78 is 0. The number of hydrogen-bond acceptors (Lipinski definition) is 5. The zero-order chi connectivity index (χ0) is 20.6. The largest absolute Gasteiger partial charge is 0.393 e. The Labute approximate surface area is 171 Å². The molecule has 3 fully saturated rings. The van der Waals surface area contributed by atoms with Gasteiger partial charge < -0.3 is 15.3 Å². The van der Waals surface area contributed by atoms with Crippen molar-refractivity contribution in [3.63, 3.8) is 0 Å². The minimum atomic E-state index is -1.66. The summed E-state index contributed by atoms with van der Waals surface area (Å²) in [6.45, 7) is 5.18. The van der Waals surface area contributed by atoms with Gasteiger partial charge in [0.25, 0.3) is 0 Å². The van der Waals surface area contributed by atoms with Crippen LogP contribution in [-0.2, 0) is 9.59 Å². The third-order valence-electron chi connectivity index (χ3n) is 9.03. The highest BCUT2D eigenvalue weighted by Crippen LogP contribution is 2.69. The summed E-state index contributed by atoms with van der Waals surface area (Å²) in [5, 5.41) is 32.1. The van der Waals surface area contributed by atoms with Crippen molar-refractivity contribution in [2.75, 3.05) is 6.61 Å². The number of fused-ring (bicyclic) bond motifs is 5. The van der Waals surface area contributed by atoms with E-state index in [1.807, 2.05) is 13.8 Å². The highest BCUT2D eigenvalue weighted by molar-refractivity contribution is 6.21. The number of aliphatic hydroxyl groups is 3. The molecule has 0 saturated heterocycles. The van der Waals surface area contributed by atoms with Crippen LogP contribution in [0.1, 0.15) is 52.9 Å². The molecule has 0 amide bonds. The van der Waals surface area contributed by atoms with E-state index >= 15 is 0 Å². The van der Waals surface area contributed by atoms with Crippen molar-refractivity contribution in [2.24, 2.45) is 34.5 Å². The molecule has 4 rings (SSSR count). The first kappa shape index (κ1) is 20.5. The summed E-state index contributed by atoms with van der Waals surface area (Å²) >= 11 is 6.89. The predicted octanol–water partition coefficient (Wildman–Crippen LogP) is 2.24. The Morgan fingerprint density at radius 3 is 2.68 bits per heavy atom. The van der Waals surface area contributed by atoms with Crippen LogP contribution in [0.5, 0.6) is 0 Å². The van der Waals surface area contributed by atoms with E-state index < -0.39 is 29.5 Å². The van der Waals surface area contributed by atoms with E-state index in [2.05, 4.69) is 6.92 Å². The first-order valence-electron chi connectivity index (χ1n) is 10.4. The monoisotopic (exact) mass is 410 g/mol. The van der Waals surface area contributed by atoms with Gasteiger partial charge >= 0.3 is 0 Å². The Bertz CT molecular complexity index is 749. The lowest BCUT2D eigenvalue weighted by molar-refractivity contribution is -0.186. The highest BCUT2D eigenvalue weighted by Gasteiger charge is 2.71. The van der Waals surface area contributed by atoms with Crippen molar-refractivity contribution in [3.05, 3.63) is 11.6 Å². The second kappa shape index (κ2) is 6.37. The van der Waals surface area contributed by atoms with Crippen LogP contribution in [0.2, 0.25) is 0 Å². The van der Waals surface area contributed by atoms with Crippen LogP contribution in [0.3, 0.4) is 0 Å². The Morgan fingerprint density at radius 2 is 2.04 bits per heavy atom. The SMILES string of the molecule is CC1C[C@H]2[C@@H]3C(Cl)CC4=CC(=O)CC[C@]4(C)[C@H]3C(O)C[C@]2(C)[C@@]1(O)C(=O)CO. The molecule has 9 atom stereocenters. The number of carbonyl (C=O) groups is 2. The molecule has 0 spiro atoms. The summed E-state index contributed by atoms with van der Waals surface area (Å²) in [7, 11) is 0. The second-order valence-electron chi connectivity index (χ2n) is 10.2. The normalized spacial score (nSPS) is 53.1. The fourth-order valence-electron chi connectivity index (χ4n) is 7.65. The number of halogens is 1. The van der Waals surface area contributed by atoms with Gasteiger partial charge in [-0.2, -0.15) is 0 Å². The van der Waals surface area contributed by atoms with Gasteiger partial charge in [0.15, 0.2) is 11.6 Å². The lowest BCUT2D eigenvalue weighted by atomic mass is 9.45. The molecular formula is C22H31ClO5. The van der Waals surface area contributed by atoms with Crippen LogP contribution >= 0.6 is 11.6 Å². The van der Waals surface area contributed by atoms with E-state index in [0.717, 1.165) is 5.57 Å². The molecule has 156 valence electrons. The molecule has 4 aliphatic carbocycles. The number of ketones is 2. The van der Waals surface area contributed by atoms with Gasteiger partial charge in [-0.1, -0.05) is 26.3 Å². The fraction of sp³-hybridized carbons (Fsp3) is 0.818. The molecule has 5 nitrogen and oxygen atoms in total. The summed E-state index contributed by atoms with van der Waals surface area (Å²) in [6.07, 6.45) is 3.74. The van der Waals surface area contributed by atoms with Crippen molar-refractivity contribution < 1.29 is 24.9 Å². The Balaban J connectivity index is 1.81. The van der Waals surface area contributed by atoms with E-state index in [-0.39, 0.29) is 40.2 Å². The van der Waals surface area contributed by atoms with Crippen LogP contribution in [-0.4, -0.2) is 50.6 Å². The molecule has 0 aromatic carbocycles. The van der Waals surface area contributed by atoms with Gasteiger partial charge in [-0.25, -0.2) is 0 Å². The lowest BCUT2D eigenvalue weighted by Crippen LogP contribution is -2.64. The number of aliphatic hydroxyl groups excluding tert-OH is 2. The summed E-state index contributed by atoms with van der Waals surface area (Å²) in [6, 6.07) is 0. The molecule has 3 saturated carbocycles. The number of hydrogen-bond donors (Lipinski definition) is 3. The van der Waals surface area contributed by atoms with Gasteiger partial charge in [0.2, 0.25) is 0 Å². The van der Waals surface area contributed by atoms with Crippen molar-refractivity contribution in [1.82, 2.24) is 0 Å². The predicted molar refractivity (Wildman–Crippen MR) is 105 cm³/mol. The average Bonchev–Trinajstić information content (AvgIpc) is 2.83. The van der Waals surface area contributed by atoms with E-state index in [1.165, 1.54) is 0 Å². The van der Waals surface area contributed by atoms with Gasteiger partial charge in [0, 0.05) is 17.2 Å². The smallest absolute Gasteiger partial charge is 0.190 e. The van der Waals surface area contributed by atoms with Gasteiger partial charge in [-0.05, 0) is 60.8 Å². The highest BCUT2D eigenvalue weighted by atomic mass is 35.5.